The van der Waals surface area contributed by atoms with Gasteiger partial charge in [0.15, 0.2) is 0 Å². The summed E-state index contributed by atoms with van der Waals surface area (Å²) in [5, 5.41) is 5.56. The maximum absolute atomic E-state index is 12.2. The van der Waals surface area contributed by atoms with E-state index in [0.29, 0.717) is 12.2 Å². The molecule has 1 aromatic carbocycles. The minimum absolute atomic E-state index is 0.141. The number of hydrogen-bond donors (Lipinski definition) is 1. The Kier molecular flexibility index (Phi) is 4.06. The second-order valence-electron chi connectivity index (χ2n) is 5.13. The van der Waals surface area contributed by atoms with Crippen LogP contribution >= 0.6 is 11.3 Å². The second-order valence-corrected chi connectivity index (χ2v) is 5.98. The monoisotopic (exact) mass is 311 g/mol. The lowest BCUT2D eigenvalue weighted by atomic mass is 10.2. The number of nitrogens with one attached hydrogen (secondary N) is 1. The van der Waals surface area contributed by atoms with E-state index in [0.717, 1.165) is 16.3 Å². The molecule has 5 heteroatoms. The van der Waals surface area contributed by atoms with Crippen LogP contribution in [-0.2, 0) is 13.6 Å². The molecule has 1 N–H and O–H groups in total. The first-order chi connectivity index (χ1) is 10.6. The molecule has 1 amide bonds. The van der Waals surface area contributed by atoms with E-state index in [-0.39, 0.29) is 5.91 Å². The highest BCUT2D eigenvalue weighted by atomic mass is 32.1. The quantitative estimate of drug-likeness (QED) is 0.803. The van der Waals surface area contributed by atoms with Gasteiger partial charge in [-0.1, -0.05) is 30.3 Å². The fraction of sp³-hybridized carbons (Fsp3) is 0.176. The third-order valence-corrected chi connectivity index (χ3v) is 4.49. The summed E-state index contributed by atoms with van der Waals surface area (Å²) in [7, 11) is 2.00. The van der Waals surface area contributed by atoms with Crippen LogP contribution in [0.5, 0.6) is 0 Å². The van der Waals surface area contributed by atoms with Crippen LogP contribution in [0.15, 0.2) is 47.8 Å². The Morgan fingerprint density at radius 1 is 1.23 bits per heavy atom. The van der Waals surface area contributed by atoms with Gasteiger partial charge in [-0.3, -0.25) is 4.79 Å². The van der Waals surface area contributed by atoms with Crippen LogP contribution in [0.1, 0.15) is 21.7 Å². The maximum Gasteiger partial charge on any atom is 0.271 e. The first-order valence-electron chi connectivity index (χ1n) is 7.05. The van der Waals surface area contributed by atoms with Gasteiger partial charge in [0.1, 0.15) is 10.7 Å². The summed E-state index contributed by atoms with van der Waals surface area (Å²) in [6.45, 7) is 2.56. The average molecular weight is 311 g/mol. The van der Waals surface area contributed by atoms with Gasteiger partial charge in [-0.05, 0) is 24.6 Å². The summed E-state index contributed by atoms with van der Waals surface area (Å²) < 4.78 is 2.07. The highest BCUT2D eigenvalue weighted by Crippen LogP contribution is 2.25. The Morgan fingerprint density at radius 3 is 2.68 bits per heavy atom. The molecule has 0 saturated carbocycles. The normalized spacial score (nSPS) is 10.6. The fourth-order valence-corrected chi connectivity index (χ4v) is 3.05. The fourth-order valence-electron chi connectivity index (χ4n) is 2.19. The van der Waals surface area contributed by atoms with Crippen molar-refractivity contribution in [3.05, 3.63) is 64.8 Å². The number of carbonyl (C=O) groups excluding carboxylic acids is 1. The zero-order chi connectivity index (χ0) is 15.5. The predicted octanol–water partition coefficient (Wildman–Crippen LogP) is 3.39. The Bertz CT molecular complexity index is 789. The van der Waals surface area contributed by atoms with Crippen LogP contribution in [0.4, 0.5) is 0 Å². The number of nitrogens with zero attached hydrogens (tertiary/aromatic N) is 2. The zero-order valence-electron chi connectivity index (χ0n) is 12.5. The largest absolute Gasteiger partial charge is 0.347 e. The van der Waals surface area contributed by atoms with E-state index in [4.69, 9.17) is 0 Å². The Labute approximate surface area is 133 Å². The molecule has 0 unspecified atom stereocenters. The minimum atomic E-state index is -0.141. The molecule has 0 aliphatic heterocycles. The molecule has 3 rings (SSSR count). The summed E-state index contributed by atoms with van der Waals surface area (Å²) >= 11 is 1.49. The first-order valence-corrected chi connectivity index (χ1v) is 7.93. The third-order valence-electron chi connectivity index (χ3n) is 3.62. The second kappa shape index (κ2) is 6.15. The third kappa shape index (κ3) is 2.94. The van der Waals surface area contributed by atoms with Crippen LogP contribution < -0.4 is 5.32 Å². The van der Waals surface area contributed by atoms with Gasteiger partial charge < -0.3 is 9.88 Å². The van der Waals surface area contributed by atoms with Crippen LogP contribution in [0.2, 0.25) is 0 Å². The van der Waals surface area contributed by atoms with E-state index in [9.17, 15) is 4.79 Å². The highest BCUT2D eigenvalue weighted by molar-refractivity contribution is 7.13. The van der Waals surface area contributed by atoms with Crippen molar-refractivity contribution < 1.29 is 4.79 Å². The summed E-state index contributed by atoms with van der Waals surface area (Å²) in [6, 6.07) is 13.9. The van der Waals surface area contributed by atoms with Crippen LogP contribution in [-0.4, -0.2) is 15.5 Å². The molecule has 0 spiro atoms. The van der Waals surface area contributed by atoms with Crippen LogP contribution in [0.25, 0.3) is 10.7 Å². The van der Waals surface area contributed by atoms with E-state index >= 15 is 0 Å². The molecule has 0 aliphatic carbocycles. The lowest BCUT2D eigenvalue weighted by Crippen LogP contribution is -2.23. The smallest absolute Gasteiger partial charge is 0.271 e. The van der Waals surface area contributed by atoms with Crippen molar-refractivity contribution in [2.75, 3.05) is 0 Å². The van der Waals surface area contributed by atoms with E-state index in [1.54, 1.807) is 5.38 Å². The zero-order valence-corrected chi connectivity index (χ0v) is 13.4. The molecule has 22 heavy (non-hydrogen) atoms. The van der Waals surface area contributed by atoms with Gasteiger partial charge in [-0.15, -0.1) is 11.3 Å². The van der Waals surface area contributed by atoms with Crippen molar-refractivity contribution in [1.82, 2.24) is 14.9 Å². The topological polar surface area (TPSA) is 46.9 Å². The van der Waals surface area contributed by atoms with Crippen LogP contribution in [0, 0.1) is 6.92 Å². The SMILES string of the molecule is Cc1ccc(-c2nc(C(=O)NCc3ccccc3)cs2)n1C. The van der Waals surface area contributed by atoms with Gasteiger partial charge in [-0.2, -0.15) is 0 Å². The van der Waals surface area contributed by atoms with Crippen molar-refractivity contribution in [2.45, 2.75) is 13.5 Å². The summed E-state index contributed by atoms with van der Waals surface area (Å²) in [6.07, 6.45) is 0. The molecular formula is C17H17N3OS. The number of aryl methyl sites for hydroxylation is 1. The van der Waals surface area contributed by atoms with E-state index in [2.05, 4.69) is 14.9 Å². The van der Waals surface area contributed by atoms with Gasteiger partial charge in [0.25, 0.3) is 5.91 Å². The molecule has 112 valence electrons. The Balaban J connectivity index is 1.71. The lowest BCUT2D eigenvalue weighted by Gasteiger charge is -2.03. The standard InChI is InChI=1S/C17H17N3OS/c1-12-8-9-15(20(12)2)17-19-14(11-22-17)16(21)18-10-13-6-4-3-5-7-13/h3-9,11H,10H2,1-2H3,(H,18,21). The molecule has 3 aromatic rings. The van der Waals surface area contributed by atoms with Gasteiger partial charge in [-0.25, -0.2) is 4.98 Å². The van der Waals surface area contributed by atoms with Crippen molar-refractivity contribution in [2.24, 2.45) is 7.05 Å². The van der Waals surface area contributed by atoms with E-state index in [1.807, 2.05) is 56.4 Å². The van der Waals surface area contributed by atoms with E-state index in [1.165, 1.54) is 17.0 Å². The van der Waals surface area contributed by atoms with Crippen LogP contribution in [0.3, 0.4) is 0 Å². The molecule has 0 aliphatic rings. The molecule has 0 saturated heterocycles. The van der Waals surface area contributed by atoms with Crippen molar-refractivity contribution in [3.63, 3.8) is 0 Å². The molecule has 2 heterocycles. The van der Waals surface area contributed by atoms with Crippen molar-refractivity contribution in [3.8, 4) is 10.7 Å². The maximum atomic E-state index is 12.2. The van der Waals surface area contributed by atoms with Gasteiger partial charge in [0, 0.05) is 24.7 Å². The molecule has 0 radical (unpaired) electrons. The number of rotatable bonds is 4. The minimum Gasteiger partial charge on any atom is -0.347 e. The predicted molar refractivity (Wildman–Crippen MR) is 88.9 cm³/mol. The highest BCUT2D eigenvalue weighted by Gasteiger charge is 2.13. The lowest BCUT2D eigenvalue weighted by molar-refractivity contribution is 0.0946. The first kappa shape index (κ1) is 14.5. The summed E-state index contributed by atoms with van der Waals surface area (Å²) in [4.78, 5) is 16.6. The average Bonchev–Trinajstić information content (AvgIpc) is 3.14. The number of amides is 1. The number of aromatic nitrogens is 2. The van der Waals surface area contributed by atoms with Crippen molar-refractivity contribution in [1.29, 1.82) is 0 Å². The Hall–Kier alpha value is -2.40. The van der Waals surface area contributed by atoms with Gasteiger partial charge >= 0.3 is 0 Å². The molecule has 4 nitrogen and oxygen atoms in total. The molecule has 2 aromatic heterocycles. The summed E-state index contributed by atoms with van der Waals surface area (Å²) in [5.74, 6) is -0.141. The number of carbonyl (C=O) groups is 1. The van der Waals surface area contributed by atoms with Crippen molar-refractivity contribution >= 4 is 17.2 Å². The molecule has 0 fully saturated rings. The number of hydrogen-bond acceptors (Lipinski definition) is 3. The van der Waals surface area contributed by atoms with Gasteiger partial charge in [0.05, 0.1) is 5.69 Å². The Morgan fingerprint density at radius 2 is 2.00 bits per heavy atom. The molecular weight excluding hydrogens is 294 g/mol. The molecule has 0 atom stereocenters. The van der Waals surface area contributed by atoms with Gasteiger partial charge in [0.2, 0.25) is 0 Å². The van der Waals surface area contributed by atoms with E-state index < -0.39 is 0 Å². The summed E-state index contributed by atoms with van der Waals surface area (Å²) in [5.41, 5.74) is 3.74. The molecule has 0 bridgehead atoms. The number of thiazole rings is 1. The number of benzene rings is 1.